The van der Waals surface area contributed by atoms with Crippen LogP contribution in [0.3, 0.4) is 0 Å². The minimum atomic E-state index is -0.0880. The zero-order valence-electron chi connectivity index (χ0n) is 10.4. The summed E-state index contributed by atoms with van der Waals surface area (Å²) in [5.41, 5.74) is 4.61. The molecule has 3 N–H and O–H groups in total. The highest BCUT2D eigenvalue weighted by Gasteiger charge is 2.13. The molecule has 0 fully saturated rings. The second-order valence-corrected chi connectivity index (χ2v) is 3.90. The maximum Gasteiger partial charge on any atom is 0.0883 e. The predicted molar refractivity (Wildman–Crippen MR) is 70.1 cm³/mol. The van der Waals surface area contributed by atoms with Crippen LogP contribution in [0.1, 0.15) is 18.7 Å². The van der Waals surface area contributed by atoms with Gasteiger partial charge in [-0.15, -0.1) is 0 Å². The zero-order valence-corrected chi connectivity index (χ0v) is 10.4. The van der Waals surface area contributed by atoms with Crippen molar-refractivity contribution in [1.82, 2.24) is 15.2 Å². The molecule has 0 saturated heterocycles. The maximum absolute atomic E-state index is 5.51. The van der Waals surface area contributed by atoms with Gasteiger partial charge in [-0.05, 0) is 25.1 Å². The highest BCUT2D eigenvalue weighted by atomic mass is 16.5. The molecular formula is C13H18N4O. The number of aromatic nitrogens is 2. The molecular weight excluding hydrogens is 228 g/mol. The van der Waals surface area contributed by atoms with Gasteiger partial charge in [-0.1, -0.05) is 18.2 Å². The number of hydrazine groups is 1. The minimum absolute atomic E-state index is 0.0880. The van der Waals surface area contributed by atoms with Crippen molar-refractivity contribution in [3.63, 3.8) is 0 Å². The van der Waals surface area contributed by atoms with E-state index in [0.29, 0.717) is 13.2 Å². The van der Waals surface area contributed by atoms with Crippen LogP contribution in [0.25, 0.3) is 5.69 Å². The Morgan fingerprint density at radius 3 is 2.78 bits per heavy atom. The summed E-state index contributed by atoms with van der Waals surface area (Å²) in [7, 11) is 0. The molecule has 1 aromatic carbocycles. The van der Waals surface area contributed by atoms with Gasteiger partial charge >= 0.3 is 0 Å². The second-order valence-electron chi connectivity index (χ2n) is 3.90. The molecule has 1 unspecified atom stereocenters. The van der Waals surface area contributed by atoms with Gasteiger partial charge in [-0.3, -0.25) is 5.84 Å². The Bertz CT molecular complexity index is 469. The van der Waals surface area contributed by atoms with Gasteiger partial charge in [0.2, 0.25) is 0 Å². The first kappa shape index (κ1) is 12.8. The van der Waals surface area contributed by atoms with E-state index in [-0.39, 0.29) is 6.04 Å². The van der Waals surface area contributed by atoms with Crippen molar-refractivity contribution in [3.8, 4) is 5.69 Å². The lowest BCUT2D eigenvalue weighted by molar-refractivity contribution is 0.122. The Kier molecular flexibility index (Phi) is 4.46. The van der Waals surface area contributed by atoms with Crippen LogP contribution >= 0.6 is 0 Å². The van der Waals surface area contributed by atoms with E-state index in [1.165, 1.54) is 0 Å². The quantitative estimate of drug-likeness (QED) is 0.597. The molecule has 0 aliphatic carbocycles. The lowest BCUT2D eigenvalue weighted by Crippen LogP contribution is -2.31. The number of nitrogens with one attached hydrogen (secondary N) is 1. The Balaban J connectivity index is 2.14. The van der Waals surface area contributed by atoms with Crippen molar-refractivity contribution in [2.24, 2.45) is 5.84 Å². The van der Waals surface area contributed by atoms with Gasteiger partial charge in [0.25, 0.3) is 0 Å². The van der Waals surface area contributed by atoms with Crippen molar-refractivity contribution in [3.05, 3.63) is 48.3 Å². The molecule has 0 aliphatic heterocycles. The third kappa shape index (κ3) is 2.95. The molecule has 1 aromatic heterocycles. The number of rotatable bonds is 6. The summed E-state index contributed by atoms with van der Waals surface area (Å²) in [5, 5.41) is 4.50. The van der Waals surface area contributed by atoms with E-state index >= 15 is 0 Å². The van der Waals surface area contributed by atoms with E-state index in [2.05, 4.69) is 10.5 Å². The number of para-hydroxylation sites is 1. The molecule has 96 valence electrons. The van der Waals surface area contributed by atoms with Gasteiger partial charge in [0.1, 0.15) is 0 Å². The maximum atomic E-state index is 5.51. The number of hydrogen-bond acceptors (Lipinski definition) is 4. The fourth-order valence-electron chi connectivity index (χ4n) is 1.70. The predicted octanol–water partition coefficient (Wildman–Crippen LogP) is 1.41. The number of ether oxygens (including phenoxy) is 1. The summed E-state index contributed by atoms with van der Waals surface area (Å²) in [6, 6.07) is 11.8. The van der Waals surface area contributed by atoms with Crippen LogP contribution < -0.4 is 11.3 Å². The third-order valence-electron chi connectivity index (χ3n) is 2.68. The topological polar surface area (TPSA) is 65.1 Å². The van der Waals surface area contributed by atoms with Crippen molar-refractivity contribution in [1.29, 1.82) is 0 Å². The van der Waals surface area contributed by atoms with E-state index in [0.717, 1.165) is 11.4 Å². The van der Waals surface area contributed by atoms with Gasteiger partial charge in [0, 0.05) is 12.8 Å². The van der Waals surface area contributed by atoms with Crippen LogP contribution in [0.5, 0.6) is 0 Å². The smallest absolute Gasteiger partial charge is 0.0883 e. The molecule has 5 nitrogen and oxygen atoms in total. The summed E-state index contributed by atoms with van der Waals surface area (Å²) in [4.78, 5) is 0. The van der Waals surface area contributed by atoms with Gasteiger partial charge in [0.05, 0.1) is 24.0 Å². The number of hydrogen-bond donors (Lipinski definition) is 2. The zero-order chi connectivity index (χ0) is 12.8. The van der Waals surface area contributed by atoms with E-state index in [1.54, 1.807) is 0 Å². The third-order valence-corrected chi connectivity index (χ3v) is 2.68. The first-order valence-electron chi connectivity index (χ1n) is 6.00. The molecule has 0 spiro atoms. The van der Waals surface area contributed by atoms with Crippen LogP contribution in [-0.2, 0) is 4.74 Å². The second kappa shape index (κ2) is 6.30. The van der Waals surface area contributed by atoms with E-state index < -0.39 is 0 Å². The summed E-state index contributed by atoms with van der Waals surface area (Å²) in [6.07, 6.45) is 1.92. The van der Waals surface area contributed by atoms with E-state index in [4.69, 9.17) is 10.6 Å². The lowest BCUT2D eigenvalue weighted by Gasteiger charge is -2.12. The Hall–Kier alpha value is -1.69. The molecule has 0 radical (unpaired) electrons. The monoisotopic (exact) mass is 246 g/mol. The van der Waals surface area contributed by atoms with Gasteiger partial charge in [-0.2, -0.15) is 5.10 Å². The molecule has 18 heavy (non-hydrogen) atoms. The molecule has 0 amide bonds. The summed E-state index contributed by atoms with van der Waals surface area (Å²) in [5.74, 6) is 5.51. The normalized spacial score (nSPS) is 12.6. The van der Waals surface area contributed by atoms with Crippen LogP contribution in [0.4, 0.5) is 0 Å². The fourth-order valence-corrected chi connectivity index (χ4v) is 1.70. The van der Waals surface area contributed by atoms with Gasteiger partial charge < -0.3 is 4.74 Å². The largest absolute Gasteiger partial charge is 0.380 e. The van der Waals surface area contributed by atoms with Gasteiger partial charge in [0.15, 0.2) is 0 Å². The van der Waals surface area contributed by atoms with Crippen molar-refractivity contribution >= 4 is 0 Å². The summed E-state index contributed by atoms with van der Waals surface area (Å²) >= 11 is 0. The standard InChI is InChI=1S/C13H18N4O/c1-2-18-10-13(15-14)12-8-9-17(16-12)11-6-4-3-5-7-11/h3-9,13,15H,2,10,14H2,1H3. The molecule has 1 heterocycles. The van der Waals surface area contributed by atoms with E-state index in [9.17, 15) is 0 Å². The molecule has 0 saturated carbocycles. The van der Waals surface area contributed by atoms with Crippen LogP contribution in [0.2, 0.25) is 0 Å². The van der Waals surface area contributed by atoms with Gasteiger partial charge in [-0.25, -0.2) is 10.1 Å². The highest BCUT2D eigenvalue weighted by Crippen LogP contribution is 2.13. The highest BCUT2D eigenvalue weighted by molar-refractivity contribution is 5.30. The minimum Gasteiger partial charge on any atom is -0.380 e. The molecule has 0 aliphatic rings. The average molecular weight is 246 g/mol. The number of benzene rings is 1. The fraction of sp³-hybridized carbons (Fsp3) is 0.308. The Morgan fingerprint density at radius 1 is 1.33 bits per heavy atom. The van der Waals surface area contributed by atoms with E-state index in [1.807, 2.05) is 54.2 Å². The Labute approximate surface area is 107 Å². The van der Waals surface area contributed by atoms with Crippen molar-refractivity contribution in [2.75, 3.05) is 13.2 Å². The SMILES string of the molecule is CCOCC(NN)c1ccn(-c2ccccc2)n1. The average Bonchev–Trinajstić information content (AvgIpc) is 2.90. The number of nitrogens with two attached hydrogens (primary N) is 1. The summed E-state index contributed by atoms with van der Waals surface area (Å²) in [6.45, 7) is 3.13. The molecule has 2 aromatic rings. The molecule has 2 rings (SSSR count). The molecule has 5 heteroatoms. The van der Waals surface area contributed by atoms with Crippen LogP contribution in [-0.4, -0.2) is 23.0 Å². The van der Waals surface area contributed by atoms with Crippen molar-refractivity contribution < 1.29 is 4.74 Å². The first-order valence-corrected chi connectivity index (χ1v) is 6.00. The van der Waals surface area contributed by atoms with Crippen molar-refractivity contribution in [2.45, 2.75) is 13.0 Å². The molecule has 0 bridgehead atoms. The van der Waals surface area contributed by atoms with Crippen LogP contribution in [0, 0.1) is 0 Å². The molecule has 1 atom stereocenters. The summed E-state index contributed by atoms with van der Waals surface area (Å²) < 4.78 is 7.19. The number of nitrogens with zero attached hydrogens (tertiary/aromatic N) is 2. The van der Waals surface area contributed by atoms with Crippen LogP contribution in [0.15, 0.2) is 42.6 Å². The lowest BCUT2D eigenvalue weighted by atomic mass is 10.2. The Morgan fingerprint density at radius 2 is 2.11 bits per heavy atom. The first-order chi connectivity index (χ1) is 8.85.